The van der Waals surface area contributed by atoms with Crippen LogP contribution in [0.2, 0.25) is 0 Å². The molecule has 2 N–H and O–H groups in total. The fourth-order valence-corrected chi connectivity index (χ4v) is 5.55. The predicted molar refractivity (Wildman–Crippen MR) is 151 cm³/mol. The number of fused-ring (bicyclic) bond motifs is 2. The van der Waals surface area contributed by atoms with Crippen LogP contribution >= 0.6 is 0 Å². The molecule has 6 nitrogen and oxygen atoms in total. The first-order valence-electron chi connectivity index (χ1n) is 14.4. The van der Waals surface area contributed by atoms with E-state index in [0.717, 1.165) is 23.0 Å². The third-order valence-corrected chi connectivity index (χ3v) is 7.68. The van der Waals surface area contributed by atoms with Gasteiger partial charge in [0.2, 0.25) is 5.78 Å². The number of unbranched alkanes of at least 4 members (excludes halogenated alkanes) is 11. The molecular formula is C32H46NO5+. The van der Waals surface area contributed by atoms with Gasteiger partial charge >= 0.3 is 0 Å². The van der Waals surface area contributed by atoms with Crippen molar-refractivity contribution >= 4 is 11.6 Å². The van der Waals surface area contributed by atoms with Crippen molar-refractivity contribution < 1.29 is 29.0 Å². The predicted octanol–water partition coefficient (Wildman–Crippen LogP) is 7.16. The van der Waals surface area contributed by atoms with Crippen molar-refractivity contribution in [2.45, 2.75) is 90.5 Å². The molecule has 0 saturated carbocycles. The summed E-state index contributed by atoms with van der Waals surface area (Å²) in [6, 6.07) is 6.07. The molecule has 0 unspecified atom stereocenters. The van der Waals surface area contributed by atoms with Crippen LogP contribution in [0.4, 0.5) is 0 Å². The molecule has 6 heteroatoms. The zero-order valence-corrected chi connectivity index (χ0v) is 23.8. The molecule has 0 atom stereocenters. The molecule has 0 bridgehead atoms. The summed E-state index contributed by atoms with van der Waals surface area (Å²) in [5.74, 6) is -1.20. The van der Waals surface area contributed by atoms with Crippen molar-refractivity contribution in [1.29, 1.82) is 0 Å². The number of methoxy groups -OCH3 is 1. The first-order chi connectivity index (χ1) is 18.2. The SMILES string of the molecule is CCCCCCCCCCCCCC[N+](C)(C)Cc1cc(O)c2c(c1)C(=O)c1cc(OC)cc(O)c1C2=O. The maximum atomic E-state index is 13.3. The van der Waals surface area contributed by atoms with Gasteiger partial charge in [-0.3, -0.25) is 9.59 Å². The lowest BCUT2D eigenvalue weighted by atomic mass is 9.82. The second-order valence-corrected chi connectivity index (χ2v) is 11.5. The van der Waals surface area contributed by atoms with E-state index in [1.165, 1.54) is 89.9 Å². The highest BCUT2D eigenvalue weighted by Crippen LogP contribution is 2.39. The van der Waals surface area contributed by atoms with Crippen LogP contribution in [0.3, 0.4) is 0 Å². The lowest BCUT2D eigenvalue weighted by Crippen LogP contribution is -2.39. The summed E-state index contributed by atoms with van der Waals surface area (Å²) in [6.07, 6.45) is 15.8. The number of ketones is 2. The van der Waals surface area contributed by atoms with Gasteiger partial charge in [0.25, 0.3) is 0 Å². The molecule has 1 aliphatic carbocycles. The molecule has 1 aliphatic rings. The van der Waals surface area contributed by atoms with Crippen LogP contribution in [0, 0.1) is 0 Å². The number of ether oxygens (including phenoxy) is 1. The van der Waals surface area contributed by atoms with E-state index in [4.69, 9.17) is 4.74 Å². The minimum absolute atomic E-state index is 0.0435. The van der Waals surface area contributed by atoms with Crippen LogP contribution in [-0.2, 0) is 6.54 Å². The van der Waals surface area contributed by atoms with Crippen LogP contribution in [0.1, 0.15) is 121 Å². The number of phenols is 2. The summed E-state index contributed by atoms with van der Waals surface area (Å²) in [5, 5.41) is 21.1. The van der Waals surface area contributed by atoms with Gasteiger partial charge in [-0.25, -0.2) is 0 Å². The van der Waals surface area contributed by atoms with Crippen LogP contribution in [0.15, 0.2) is 24.3 Å². The Hall–Kier alpha value is -2.86. The molecule has 0 amide bonds. The van der Waals surface area contributed by atoms with Gasteiger partial charge in [0.05, 0.1) is 38.9 Å². The summed E-state index contributed by atoms with van der Waals surface area (Å²) in [5.41, 5.74) is 0.950. The molecule has 0 spiro atoms. The van der Waals surface area contributed by atoms with Crippen molar-refractivity contribution in [2.75, 3.05) is 27.7 Å². The van der Waals surface area contributed by atoms with E-state index in [1.807, 2.05) is 0 Å². The minimum Gasteiger partial charge on any atom is -0.507 e. The molecule has 0 aromatic heterocycles. The zero-order chi connectivity index (χ0) is 27.7. The Morgan fingerprint density at radius 2 is 1.18 bits per heavy atom. The van der Waals surface area contributed by atoms with Gasteiger partial charge < -0.3 is 19.4 Å². The van der Waals surface area contributed by atoms with E-state index < -0.39 is 11.6 Å². The number of carbonyl (C=O) groups is 2. The number of quaternary nitrogens is 1. The molecule has 3 rings (SSSR count). The number of hydrogen-bond acceptors (Lipinski definition) is 5. The molecule has 0 radical (unpaired) electrons. The molecule has 208 valence electrons. The fourth-order valence-electron chi connectivity index (χ4n) is 5.55. The standard InChI is InChI=1S/C32H45NO5/c1-5-6-7-8-9-10-11-12-13-14-15-16-17-33(2,3)22-23-18-25-29(27(34)19-23)32(37)30-26(31(25)36)20-24(38-4)21-28(30)35/h18-21H,5-17,22H2,1-4H3,(H-,34,35,37)/p+1. The molecule has 38 heavy (non-hydrogen) atoms. The van der Waals surface area contributed by atoms with Crippen LogP contribution in [-0.4, -0.2) is 54.0 Å². The van der Waals surface area contributed by atoms with Crippen LogP contribution in [0.5, 0.6) is 17.2 Å². The Kier molecular flexibility index (Phi) is 10.8. The number of benzene rings is 2. The lowest BCUT2D eigenvalue weighted by Gasteiger charge is -2.30. The summed E-state index contributed by atoms with van der Waals surface area (Å²) in [7, 11) is 5.74. The molecule has 2 aromatic rings. The van der Waals surface area contributed by atoms with Crippen LogP contribution < -0.4 is 4.74 Å². The summed E-state index contributed by atoms with van der Waals surface area (Å²) < 4.78 is 5.89. The number of rotatable bonds is 16. The third-order valence-electron chi connectivity index (χ3n) is 7.68. The lowest BCUT2D eigenvalue weighted by molar-refractivity contribution is -0.903. The maximum absolute atomic E-state index is 13.3. The van der Waals surface area contributed by atoms with E-state index in [2.05, 4.69) is 21.0 Å². The Bertz CT molecular complexity index is 1120. The average molecular weight is 525 g/mol. The molecule has 0 heterocycles. The smallest absolute Gasteiger partial charge is 0.201 e. The third kappa shape index (κ3) is 7.59. The second-order valence-electron chi connectivity index (χ2n) is 11.5. The Morgan fingerprint density at radius 3 is 1.74 bits per heavy atom. The van der Waals surface area contributed by atoms with Crippen LogP contribution in [0.25, 0.3) is 0 Å². The molecular weight excluding hydrogens is 478 g/mol. The normalized spacial score (nSPS) is 12.9. The van der Waals surface area contributed by atoms with Gasteiger partial charge in [-0.1, -0.05) is 71.1 Å². The highest BCUT2D eigenvalue weighted by Gasteiger charge is 2.35. The van der Waals surface area contributed by atoms with Gasteiger partial charge in [-0.05, 0) is 31.0 Å². The average Bonchev–Trinajstić information content (AvgIpc) is 2.86. The molecule has 0 aliphatic heterocycles. The number of nitrogens with zero attached hydrogens (tertiary/aromatic N) is 1. The second kappa shape index (κ2) is 13.8. The summed E-state index contributed by atoms with van der Waals surface area (Å²) in [4.78, 5) is 26.4. The van der Waals surface area contributed by atoms with Gasteiger partial charge in [0.1, 0.15) is 23.8 Å². The number of carbonyl (C=O) groups excluding carboxylic acids is 2. The number of hydrogen-bond donors (Lipinski definition) is 2. The quantitative estimate of drug-likeness (QED) is 0.153. The van der Waals surface area contributed by atoms with Gasteiger partial charge in [-0.15, -0.1) is 0 Å². The van der Waals surface area contributed by atoms with E-state index in [1.54, 1.807) is 12.1 Å². The molecule has 0 saturated heterocycles. The van der Waals surface area contributed by atoms with Crippen molar-refractivity contribution in [1.82, 2.24) is 0 Å². The highest BCUT2D eigenvalue weighted by atomic mass is 16.5. The topological polar surface area (TPSA) is 83.8 Å². The van der Waals surface area contributed by atoms with E-state index in [-0.39, 0.29) is 33.8 Å². The fraction of sp³-hybridized carbons (Fsp3) is 0.562. The summed E-state index contributed by atoms with van der Waals surface area (Å²) in [6.45, 7) is 3.89. The Balaban J connectivity index is 1.52. The van der Waals surface area contributed by atoms with Gasteiger partial charge in [0.15, 0.2) is 5.78 Å². The van der Waals surface area contributed by atoms with Gasteiger partial charge in [0, 0.05) is 22.8 Å². The van der Waals surface area contributed by atoms with Crippen molar-refractivity contribution in [3.63, 3.8) is 0 Å². The van der Waals surface area contributed by atoms with E-state index in [9.17, 15) is 19.8 Å². The largest absolute Gasteiger partial charge is 0.507 e. The molecule has 0 fully saturated rings. The monoisotopic (exact) mass is 524 g/mol. The van der Waals surface area contributed by atoms with E-state index >= 15 is 0 Å². The molecule has 2 aromatic carbocycles. The first kappa shape index (κ1) is 29.7. The Morgan fingerprint density at radius 1 is 0.684 bits per heavy atom. The highest BCUT2D eigenvalue weighted by molar-refractivity contribution is 6.30. The summed E-state index contributed by atoms with van der Waals surface area (Å²) >= 11 is 0. The Labute approximate surface area is 228 Å². The van der Waals surface area contributed by atoms with Crippen molar-refractivity contribution in [2.24, 2.45) is 0 Å². The zero-order valence-electron chi connectivity index (χ0n) is 23.8. The first-order valence-corrected chi connectivity index (χ1v) is 14.4. The number of phenolic OH excluding ortho intramolecular Hbond substituents is 2. The van der Waals surface area contributed by atoms with E-state index in [0.29, 0.717) is 12.3 Å². The van der Waals surface area contributed by atoms with Gasteiger partial charge in [-0.2, -0.15) is 0 Å². The minimum atomic E-state index is -0.552. The van der Waals surface area contributed by atoms with Crippen molar-refractivity contribution in [3.05, 3.63) is 52.1 Å². The van der Waals surface area contributed by atoms with Crippen molar-refractivity contribution in [3.8, 4) is 17.2 Å². The number of aromatic hydroxyl groups is 2. The maximum Gasteiger partial charge on any atom is 0.201 e.